The number of aliphatic hydroxyl groups excluding tert-OH is 1. The van der Waals surface area contributed by atoms with Crippen LogP contribution in [0.25, 0.3) is 22.3 Å². The summed E-state index contributed by atoms with van der Waals surface area (Å²) in [5.74, 6) is -4.87. The molecule has 3 aromatic rings. The minimum absolute atomic E-state index is 0.0175. The number of phenols is 3. The van der Waals surface area contributed by atoms with Crippen LogP contribution in [0.1, 0.15) is 20.8 Å². The highest BCUT2D eigenvalue weighted by Crippen LogP contribution is 2.40. The summed E-state index contributed by atoms with van der Waals surface area (Å²) in [4.78, 5) is 49.8. The molecule has 1 aliphatic heterocycles. The third kappa shape index (κ3) is 6.42. The maximum absolute atomic E-state index is 13.8. The van der Waals surface area contributed by atoms with Gasteiger partial charge < -0.3 is 53.3 Å². The summed E-state index contributed by atoms with van der Waals surface area (Å²) in [6, 6.07) is 5.85. The smallest absolute Gasteiger partial charge is 0.303 e. The zero-order chi connectivity index (χ0) is 31.6. The van der Waals surface area contributed by atoms with Crippen LogP contribution in [0.3, 0.4) is 0 Å². The second-order valence-electron chi connectivity index (χ2n) is 9.38. The summed E-state index contributed by atoms with van der Waals surface area (Å²) in [6.45, 7) is 2.34. The van der Waals surface area contributed by atoms with E-state index in [1.807, 2.05) is 0 Å². The van der Waals surface area contributed by atoms with Gasteiger partial charge in [0.15, 0.2) is 29.5 Å². The molecule has 2 aromatic carbocycles. The first-order valence-corrected chi connectivity index (χ1v) is 12.7. The third-order valence-electron chi connectivity index (χ3n) is 6.27. The Kier molecular flexibility index (Phi) is 8.96. The Balaban J connectivity index is 1.94. The molecule has 230 valence electrons. The van der Waals surface area contributed by atoms with Gasteiger partial charge in [0.1, 0.15) is 28.6 Å². The van der Waals surface area contributed by atoms with E-state index in [0.29, 0.717) is 0 Å². The second kappa shape index (κ2) is 12.5. The van der Waals surface area contributed by atoms with Crippen molar-refractivity contribution in [2.24, 2.45) is 0 Å². The molecule has 1 fully saturated rings. The number of benzene rings is 2. The highest BCUT2D eigenvalue weighted by molar-refractivity contribution is 5.88. The molecule has 0 bridgehead atoms. The number of esters is 3. The number of aromatic hydroxyl groups is 3. The van der Waals surface area contributed by atoms with Crippen LogP contribution in [-0.2, 0) is 33.3 Å². The lowest BCUT2D eigenvalue weighted by Gasteiger charge is -2.43. The predicted octanol–water partition coefficient (Wildman–Crippen LogP) is 1.48. The maximum atomic E-state index is 13.8. The van der Waals surface area contributed by atoms with Gasteiger partial charge >= 0.3 is 17.9 Å². The molecule has 0 spiro atoms. The molecule has 43 heavy (non-hydrogen) atoms. The molecule has 15 heteroatoms. The Morgan fingerprint density at radius 2 is 1.49 bits per heavy atom. The second-order valence-corrected chi connectivity index (χ2v) is 9.38. The van der Waals surface area contributed by atoms with Gasteiger partial charge in [-0.25, -0.2) is 0 Å². The molecular formula is C28H28O15. The Labute approximate surface area is 242 Å². The van der Waals surface area contributed by atoms with Gasteiger partial charge in [0.25, 0.3) is 0 Å². The van der Waals surface area contributed by atoms with Crippen molar-refractivity contribution in [2.45, 2.75) is 51.5 Å². The first kappa shape index (κ1) is 30.9. The lowest BCUT2D eigenvalue weighted by Crippen LogP contribution is -2.63. The van der Waals surface area contributed by atoms with E-state index in [4.69, 9.17) is 32.8 Å². The van der Waals surface area contributed by atoms with E-state index in [1.165, 1.54) is 25.3 Å². The van der Waals surface area contributed by atoms with Crippen molar-refractivity contribution in [1.82, 2.24) is 0 Å². The Hall–Kier alpha value is -5.02. The summed E-state index contributed by atoms with van der Waals surface area (Å²) < 4.78 is 38.7. The number of rotatable bonds is 8. The number of aliphatic hydroxyl groups is 1. The highest BCUT2D eigenvalue weighted by Gasteiger charge is 2.53. The highest BCUT2D eigenvalue weighted by atomic mass is 16.7. The monoisotopic (exact) mass is 604 g/mol. The number of methoxy groups -OCH3 is 1. The van der Waals surface area contributed by atoms with Crippen LogP contribution < -0.4 is 14.9 Å². The lowest BCUT2D eigenvalue weighted by molar-refractivity contribution is -0.288. The first-order chi connectivity index (χ1) is 20.3. The van der Waals surface area contributed by atoms with E-state index >= 15 is 0 Å². The van der Waals surface area contributed by atoms with E-state index in [9.17, 15) is 39.6 Å². The molecule has 5 atom stereocenters. The summed E-state index contributed by atoms with van der Waals surface area (Å²) >= 11 is 0. The standard InChI is InChI=1S/C28H28O15/c1-11(30)38-24-20(10-29)42-28(27(40-13(3)32)26(24)39-12(2)31)43-25-22(36)21-17(35)8-15(33)9-19(21)41-23(25)14-5-6-16(34)18(7-14)37-4/h5-9,20,24,26-29,33-35H,10H2,1-4H3/t20-,24-,26?,27?,28+/m1/s1. The minimum Gasteiger partial charge on any atom is -0.508 e. The zero-order valence-electron chi connectivity index (χ0n) is 23.3. The van der Waals surface area contributed by atoms with Gasteiger partial charge in [-0.05, 0) is 18.2 Å². The minimum atomic E-state index is -1.80. The Morgan fingerprint density at radius 1 is 0.860 bits per heavy atom. The molecule has 4 N–H and O–H groups in total. The van der Waals surface area contributed by atoms with Crippen molar-refractivity contribution in [3.8, 4) is 40.1 Å². The van der Waals surface area contributed by atoms with E-state index in [2.05, 4.69) is 0 Å². The van der Waals surface area contributed by atoms with Crippen molar-refractivity contribution in [2.75, 3.05) is 13.7 Å². The number of fused-ring (bicyclic) bond motifs is 1. The topological polar surface area (TPSA) is 218 Å². The number of carbonyl (C=O) groups excluding carboxylic acids is 3. The molecule has 1 saturated heterocycles. The fourth-order valence-corrected chi connectivity index (χ4v) is 4.60. The van der Waals surface area contributed by atoms with Crippen LogP contribution in [-0.4, -0.2) is 82.8 Å². The molecule has 1 aliphatic rings. The van der Waals surface area contributed by atoms with Gasteiger partial charge in [-0.1, -0.05) is 0 Å². The fraction of sp³-hybridized carbons (Fsp3) is 0.357. The summed E-state index contributed by atoms with van der Waals surface area (Å²) in [5, 5.41) is 40.2. The number of ether oxygens (including phenoxy) is 6. The molecule has 0 aliphatic carbocycles. The van der Waals surface area contributed by atoms with E-state index in [-0.39, 0.29) is 28.4 Å². The average molecular weight is 605 g/mol. The van der Waals surface area contributed by atoms with E-state index in [0.717, 1.165) is 32.9 Å². The number of hydrogen-bond donors (Lipinski definition) is 4. The third-order valence-corrected chi connectivity index (χ3v) is 6.27. The van der Waals surface area contributed by atoms with E-state index in [1.54, 1.807) is 0 Å². The molecule has 0 saturated carbocycles. The SMILES string of the molecule is COc1cc(-c2oc3cc(O)cc(O)c3c(=O)c2O[C@@H]2O[C@H](CO)[C@@H](OC(C)=O)C(OC(C)=O)C2OC(C)=O)ccc1O. The fourth-order valence-electron chi connectivity index (χ4n) is 4.60. The predicted molar refractivity (Wildman–Crippen MR) is 143 cm³/mol. The van der Waals surface area contributed by atoms with Gasteiger partial charge in [-0.3, -0.25) is 19.2 Å². The summed E-state index contributed by atoms with van der Waals surface area (Å²) in [6.07, 6.45) is -7.90. The van der Waals surface area contributed by atoms with E-state index < -0.39 is 83.3 Å². The molecule has 0 amide bonds. The van der Waals surface area contributed by atoms with Crippen LogP contribution in [0, 0.1) is 0 Å². The van der Waals surface area contributed by atoms with Crippen molar-refractivity contribution in [3.63, 3.8) is 0 Å². The molecule has 2 heterocycles. The van der Waals surface area contributed by atoms with Crippen LogP contribution in [0.15, 0.2) is 39.5 Å². The first-order valence-electron chi connectivity index (χ1n) is 12.7. The molecule has 1 aromatic heterocycles. The van der Waals surface area contributed by atoms with Crippen LogP contribution in [0.4, 0.5) is 0 Å². The average Bonchev–Trinajstić information content (AvgIpc) is 2.92. The van der Waals surface area contributed by atoms with Gasteiger partial charge in [0.05, 0.1) is 13.7 Å². The maximum Gasteiger partial charge on any atom is 0.303 e. The normalized spacial score (nSPS) is 21.6. The van der Waals surface area contributed by atoms with Crippen molar-refractivity contribution < 1.29 is 67.6 Å². The largest absolute Gasteiger partial charge is 0.508 e. The molecule has 15 nitrogen and oxygen atoms in total. The van der Waals surface area contributed by atoms with Crippen LogP contribution in [0.5, 0.6) is 28.7 Å². The molecule has 4 rings (SSSR count). The van der Waals surface area contributed by atoms with Crippen molar-refractivity contribution >= 4 is 28.9 Å². The van der Waals surface area contributed by atoms with Crippen LogP contribution in [0.2, 0.25) is 0 Å². The molecule has 0 radical (unpaired) electrons. The zero-order valence-corrected chi connectivity index (χ0v) is 23.3. The number of phenolic OH excluding ortho intramolecular Hbond substituents is 3. The van der Waals surface area contributed by atoms with Crippen LogP contribution >= 0.6 is 0 Å². The van der Waals surface area contributed by atoms with Crippen molar-refractivity contribution in [1.29, 1.82) is 0 Å². The summed E-state index contributed by atoms with van der Waals surface area (Å²) in [5.41, 5.74) is -1.11. The molecule has 2 unspecified atom stereocenters. The lowest BCUT2D eigenvalue weighted by atomic mass is 9.98. The quantitative estimate of drug-likeness (QED) is 0.211. The van der Waals surface area contributed by atoms with Gasteiger partial charge in [-0.2, -0.15) is 0 Å². The molecular weight excluding hydrogens is 576 g/mol. The Bertz CT molecular complexity index is 1610. The number of hydrogen-bond acceptors (Lipinski definition) is 15. The van der Waals surface area contributed by atoms with Gasteiger partial charge in [-0.15, -0.1) is 0 Å². The Morgan fingerprint density at radius 3 is 2.09 bits per heavy atom. The number of carbonyl (C=O) groups is 3. The van der Waals surface area contributed by atoms with Crippen molar-refractivity contribution in [3.05, 3.63) is 40.6 Å². The summed E-state index contributed by atoms with van der Waals surface area (Å²) in [7, 11) is 1.28. The van der Waals surface area contributed by atoms with Gasteiger partial charge in [0, 0.05) is 38.5 Å². The van der Waals surface area contributed by atoms with Gasteiger partial charge in [0.2, 0.25) is 23.6 Å².